The lowest BCUT2D eigenvalue weighted by Crippen LogP contribution is -2.77. The van der Waals surface area contributed by atoms with Crippen molar-refractivity contribution in [3.8, 4) is 0 Å². The van der Waals surface area contributed by atoms with Crippen molar-refractivity contribution in [2.75, 3.05) is 46.1 Å². The van der Waals surface area contributed by atoms with E-state index in [0.29, 0.717) is 38.3 Å². The van der Waals surface area contributed by atoms with Gasteiger partial charge in [-0.25, -0.2) is 15.8 Å². The Morgan fingerprint density at radius 1 is 1.04 bits per heavy atom. The number of morpholine rings is 1. The van der Waals surface area contributed by atoms with E-state index in [-0.39, 0.29) is 71.8 Å². The third-order valence-corrected chi connectivity index (χ3v) is 13.3. The average molecular weight is 662 g/mol. The lowest BCUT2D eigenvalue weighted by atomic mass is 9.70. The molecule has 5 saturated heterocycles. The van der Waals surface area contributed by atoms with E-state index >= 15 is 0 Å². The van der Waals surface area contributed by atoms with E-state index in [4.69, 9.17) is 20.9 Å². The van der Waals surface area contributed by atoms with Crippen molar-refractivity contribution in [3.63, 3.8) is 0 Å². The first-order valence-electron chi connectivity index (χ1n) is 17.4. The molecule has 16 heteroatoms. The number of hydrogen-bond acceptors (Lipinski definition) is 15. The fourth-order valence-corrected chi connectivity index (χ4v) is 11.0. The Labute approximate surface area is 274 Å². The molecular weight excluding hydrogens is 610 g/mol. The third-order valence-electron chi connectivity index (χ3n) is 11.8. The van der Waals surface area contributed by atoms with Gasteiger partial charge in [0.1, 0.15) is 12.4 Å². The molecule has 6 aliphatic heterocycles. The Kier molecular flexibility index (Phi) is 9.33. The molecule has 0 radical (unpaired) electrons. The van der Waals surface area contributed by atoms with E-state index < -0.39 is 5.92 Å². The second-order valence-corrected chi connectivity index (χ2v) is 15.6. The van der Waals surface area contributed by atoms with Gasteiger partial charge in [-0.15, -0.1) is 11.8 Å². The summed E-state index contributed by atoms with van der Waals surface area (Å²) in [5, 5.41) is 12.6. The van der Waals surface area contributed by atoms with Crippen LogP contribution in [0.5, 0.6) is 0 Å². The van der Waals surface area contributed by atoms with E-state index in [1.54, 1.807) is 6.08 Å². The number of thioether (sulfide) groups is 1. The molecule has 7 fully saturated rings. The fraction of sp³-hybridized carbons (Fsp3) is 0.867. The van der Waals surface area contributed by atoms with Crippen molar-refractivity contribution >= 4 is 23.5 Å². The van der Waals surface area contributed by atoms with Crippen molar-refractivity contribution in [2.45, 2.75) is 92.7 Å². The molecule has 2 aliphatic carbocycles. The highest BCUT2D eigenvalue weighted by Gasteiger charge is 2.54. The summed E-state index contributed by atoms with van der Waals surface area (Å²) in [4.78, 5) is 30.8. The highest BCUT2D eigenvalue weighted by atomic mass is 32.2. The summed E-state index contributed by atoms with van der Waals surface area (Å²) in [7, 11) is 0. The number of hydrazine groups is 2. The van der Waals surface area contributed by atoms with Crippen molar-refractivity contribution in [3.05, 3.63) is 11.1 Å². The minimum absolute atomic E-state index is 0.0780. The maximum atomic E-state index is 13.3. The van der Waals surface area contributed by atoms with Gasteiger partial charge in [-0.05, 0) is 37.5 Å². The first-order chi connectivity index (χ1) is 22.4. The van der Waals surface area contributed by atoms with Crippen LogP contribution in [0.4, 0.5) is 0 Å². The highest BCUT2D eigenvalue weighted by Crippen LogP contribution is 2.48. The molecule has 0 aromatic carbocycles. The number of carbonyl (C=O) groups excluding carboxylic acids is 2. The van der Waals surface area contributed by atoms with Gasteiger partial charge >= 0.3 is 0 Å². The zero-order valence-electron chi connectivity index (χ0n) is 26.4. The van der Waals surface area contributed by atoms with Crippen LogP contribution in [0.15, 0.2) is 11.1 Å². The van der Waals surface area contributed by atoms with Gasteiger partial charge in [-0.1, -0.05) is 12.8 Å². The zero-order chi connectivity index (χ0) is 31.4. The summed E-state index contributed by atoms with van der Waals surface area (Å²) in [6.45, 7) is 5.06. The molecule has 11 unspecified atom stereocenters. The summed E-state index contributed by atoms with van der Waals surface area (Å²) >= 11 is 1.83. The quantitative estimate of drug-likeness (QED) is 0.136. The largest absolute Gasteiger partial charge is 0.378 e. The van der Waals surface area contributed by atoms with Crippen LogP contribution in [0.25, 0.3) is 0 Å². The van der Waals surface area contributed by atoms with Crippen LogP contribution in [-0.2, 0) is 19.1 Å². The number of nitrogens with zero attached hydrogens (tertiary/aromatic N) is 2. The smallest absolute Gasteiger partial charge is 0.226 e. The standard InChI is InChI=1S/C30H51N11O4S/c31-18-3-1-2-4-19(18)36-30-37-28(23(27(32)43)29-39-34-14-41(29)30)35-20-10-15(9-16-12-33-38-24(16)20)17-13-45-25-21(42)11-22(46-26(17)25)40-5-7-44-8-6-40/h11,15-20,23-26,28-30,33-39H,1-10,12-14,31H2,(H2,32,43)/t15?,16?,17?,18-,19+,20?,23?,24?,25?,26?,28?,29?,30?/m1/s1. The Hall–Kier alpha value is -1.41. The highest BCUT2D eigenvalue weighted by molar-refractivity contribution is 8.03. The SMILES string of the molecule is NC(=O)C1C(NC2CC(C3COC4C(=O)C=C(N5CCOCC5)SC43)CC3CNNC32)NC(N[C@H]2CCCC[C@H]2N)N2CNNC12. The molecule has 0 aromatic heterocycles. The van der Waals surface area contributed by atoms with E-state index in [1.165, 1.54) is 6.42 Å². The first-order valence-corrected chi connectivity index (χ1v) is 18.2. The molecule has 15 nitrogen and oxygen atoms in total. The van der Waals surface area contributed by atoms with Crippen LogP contribution in [0.2, 0.25) is 0 Å². The van der Waals surface area contributed by atoms with Gasteiger partial charge in [0.05, 0.1) is 49.8 Å². The number of ketones is 1. The van der Waals surface area contributed by atoms with Crippen LogP contribution < -0.4 is 49.1 Å². The third kappa shape index (κ3) is 6.02. The number of primary amides is 1. The number of nitrogens with one attached hydrogen (secondary N) is 7. The lowest BCUT2D eigenvalue weighted by Gasteiger charge is -2.50. The molecule has 0 aromatic rings. The topological polar surface area (TPSA) is 195 Å². The second-order valence-electron chi connectivity index (χ2n) is 14.4. The molecule has 13 atom stereocenters. The van der Waals surface area contributed by atoms with Crippen LogP contribution in [0.1, 0.15) is 38.5 Å². The van der Waals surface area contributed by atoms with Crippen LogP contribution in [0.3, 0.4) is 0 Å². The molecule has 2 saturated carbocycles. The van der Waals surface area contributed by atoms with E-state index in [9.17, 15) is 9.59 Å². The van der Waals surface area contributed by atoms with E-state index in [0.717, 1.165) is 56.8 Å². The van der Waals surface area contributed by atoms with Crippen molar-refractivity contribution in [2.24, 2.45) is 35.1 Å². The predicted molar refractivity (Wildman–Crippen MR) is 172 cm³/mol. The lowest BCUT2D eigenvalue weighted by molar-refractivity contribution is -0.130. The van der Waals surface area contributed by atoms with Gasteiger partial charge in [0.15, 0.2) is 5.78 Å². The Morgan fingerprint density at radius 3 is 2.72 bits per heavy atom. The van der Waals surface area contributed by atoms with Crippen molar-refractivity contribution in [1.29, 1.82) is 0 Å². The van der Waals surface area contributed by atoms with E-state index in [1.807, 2.05) is 11.8 Å². The average Bonchev–Trinajstić information content (AvgIpc) is 3.83. The molecule has 8 rings (SSSR count). The molecule has 11 N–H and O–H groups in total. The molecule has 0 bridgehead atoms. The molecule has 46 heavy (non-hydrogen) atoms. The Bertz CT molecular complexity index is 1180. The summed E-state index contributed by atoms with van der Waals surface area (Å²) in [6.07, 6.45) is 6.96. The van der Waals surface area contributed by atoms with Gasteiger partial charge in [-0.3, -0.25) is 36.4 Å². The Balaban J connectivity index is 1.01. The second kappa shape index (κ2) is 13.5. The molecule has 6 heterocycles. The molecule has 256 valence electrons. The molecular formula is C30H51N11O4S. The number of rotatable bonds is 7. The number of hydrogen-bond donors (Lipinski definition) is 9. The van der Waals surface area contributed by atoms with Gasteiger partial charge in [0.25, 0.3) is 0 Å². The Morgan fingerprint density at radius 2 is 1.89 bits per heavy atom. The van der Waals surface area contributed by atoms with Crippen LogP contribution in [0, 0.1) is 23.7 Å². The minimum Gasteiger partial charge on any atom is -0.378 e. The maximum absolute atomic E-state index is 13.3. The van der Waals surface area contributed by atoms with Crippen molar-refractivity contribution in [1.82, 2.24) is 47.5 Å². The number of carbonyl (C=O) groups is 2. The summed E-state index contributed by atoms with van der Waals surface area (Å²) < 4.78 is 11.8. The summed E-state index contributed by atoms with van der Waals surface area (Å²) in [6, 6.07) is 0.589. The van der Waals surface area contributed by atoms with Gasteiger partial charge in [0, 0.05) is 61.0 Å². The first kappa shape index (κ1) is 31.8. The predicted octanol–water partition coefficient (Wildman–Crippen LogP) is -2.81. The van der Waals surface area contributed by atoms with Crippen molar-refractivity contribution < 1.29 is 19.1 Å². The number of nitrogens with two attached hydrogens (primary N) is 2. The van der Waals surface area contributed by atoms with Crippen LogP contribution >= 0.6 is 11.8 Å². The normalized spacial score (nSPS) is 46.5. The summed E-state index contributed by atoms with van der Waals surface area (Å²) in [5.74, 6) is 0.285. The molecule has 8 aliphatic rings. The fourth-order valence-electron chi connectivity index (χ4n) is 9.38. The molecule has 1 amide bonds. The monoisotopic (exact) mass is 661 g/mol. The number of fused-ring (bicyclic) bond motifs is 3. The van der Waals surface area contributed by atoms with Crippen LogP contribution in [-0.4, -0.2) is 122 Å². The van der Waals surface area contributed by atoms with Gasteiger partial charge in [0.2, 0.25) is 5.91 Å². The van der Waals surface area contributed by atoms with Gasteiger partial charge < -0.3 is 25.8 Å². The number of amides is 1. The minimum atomic E-state index is -0.506. The zero-order valence-corrected chi connectivity index (χ0v) is 27.2. The van der Waals surface area contributed by atoms with E-state index in [2.05, 4.69) is 47.5 Å². The number of ether oxygens (including phenoxy) is 2. The summed E-state index contributed by atoms with van der Waals surface area (Å²) in [5.41, 5.74) is 26.2. The molecule has 0 spiro atoms. The van der Waals surface area contributed by atoms with Gasteiger partial charge in [-0.2, -0.15) is 0 Å². The maximum Gasteiger partial charge on any atom is 0.226 e.